The second-order valence-corrected chi connectivity index (χ2v) is 5.76. The molecule has 0 fully saturated rings. The third kappa shape index (κ3) is 5.18. The fraction of sp³-hybridized carbons (Fsp3) is 0.389. The topological polar surface area (TPSA) is 58.1 Å². The number of anilines is 2. The van der Waals surface area contributed by atoms with Crippen LogP contribution in [0.25, 0.3) is 0 Å². The quantitative estimate of drug-likeness (QED) is 0.784. The molecule has 1 N–H and O–H groups in total. The highest BCUT2D eigenvalue weighted by atomic mass is 19.4. The monoisotopic (exact) mass is 366 g/mol. The summed E-state index contributed by atoms with van der Waals surface area (Å²) in [6.45, 7) is 5.26. The normalized spacial score (nSPS) is 11.3. The van der Waals surface area contributed by atoms with Crippen molar-refractivity contribution in [1.82, 2.24) is 14.9 Å². The van der Waals surface area contributed by atoms with Gasteiger partial charge in [-0.15, -0.1) is 0 Å². The minimum atomic E-state index is -4.39. The maximum absolute atomic E-state index is 12.6. The SMILES string of the molecule is CCCN(CCC)C(=O)c1ccnc(Nc2ccc(C(F)(F)F)cc2)n1. The summed E-state index contributed by atoms with van der Waals surface area (Å²) in [4.78, 5) is 22.5. The summed E-state index contributed by atoms with van der Waals surface area (Å²) in [5.41, 5.74) is -0.0828. The zero-order chi connectivity index (χ0) is 19.2. The van der Waals surface area contributed by atoms with Crippen LogP contribution in [0.1, 0.15) is 42.7 Å². The van der Waals surface area contributed by atoms with Gasteiger partial charge in [0.2, 0.25) is 5.95 Å². The molecule has 2 rings (SSSR count). The minimum Gasteiger partial charge on any atom is -0.337 e. The van der Waals surface area contributed by atoms with Gasteiger partial charge in [-0.05, 0) is 43.2 Å². The smallest absolute Gasteiger partial charge is 0.337 e. The molecule has 5 nitrogen and oxygen atoms in total. The molecule has 0 bridgehead atoms. The Balaban J connectivity index is 2.14. The Kier molecular flexibility index (Phi) is 6.54. The molecule has 2 aromatic rings. The van der Waals surface area contributed by atoms with Gasteiger partial charge in [-0.25, -0.2) is 9.97 Å². The molecule has 0 saturated heterocycles. The average molecular weight is 366 g/mol. The van der Waals surface area contributed by atoms with E-state index in [0.717, 1.165) is 25.0 Å². The Morgan fingerprint density at radius 1 is 1.08 bits per heavy atom. The van der Waals surface area contributed by atoms with Crippen molar-refractivity contribution < 1.29 is 18.0 Å². The third-order valence-electron chi connectivity index (χ3n) is 3.62. The van der Waals surface area contributed by atoms with Gasteiger partial charge >= 0.3 is 6.18 Å². The molecule has 140 valence electrons. The number of nitrogens with zero attached hydrogens (tertiary/aromatic N) is 3. The molecule has 0 aliphatic carbocycles. The predicted molar refractivity (Wildman–Crippen MR) is 93.2 cm³/mol. The molecular weight excluding hydrogens is 345 g/mol. The standard InChI is InChI=1S/C18H21F3N4O/c1-3-11-25(12-4-2)16(26)15-9-10-22-17(24-15)23-14-7-5-13(6-8-14)18(19,20)21/h5-10H,3-4,11-12H2,1-2H3,(H,22,23,24). The van der Waals surface area contributed by atoms with E-state index in [2.05, 4.69) is 15.3 Å². The van der Waals surface area contributed by atoms with Gasteiger partial charge in [-0.1, -0.05) is 13.8 Å². The van der Waals surface area contributed by atoms with E-state index in [1.54, 1.807) is 4.90 Å². The van der Waals surface area contributed by atoms with Crippen molar-refractivity contribution >= 4 is 17.5 Å². The number of carbonyl (C=O) groups excluding carboxylic acids is 1. The highest BCUT2D eigenvalue weighted by Gasteiger charge is 2.29. The Labute approximate surface area is 150 Å². The Morgan fingerprint density at radius 2 is 1.69 bits per heavy atom. The maximum atomic E-state index is 12.6. The number of alkyl halides is 3. The molecule has 0 atom stereocenters. The van der Waals surface area contributed by atoms with Crippen LogP contribution in [-0.4, -0.2) is 33.9 Å². The van der Waals surface area contributed by atoms with Gasteiger partial charge < -0.3 is 10.2 Å². The third-order valence-corrected chi connectivity index (χ3v) is 3.62. The van der Waals surface area contributed by atoms with Gasteiger partial charge in [-0.2, -0.15) is 13.2 Å². The van der Waals surface area contributed by atoms with Gasteiger partial charge in [0, 0.05) is 25.0 Å². The molecule has 0 unspecified atom stereocenters. The number of carbonyl (C=O) groups is 1. The fourth-order valence-electron chi connectivity index (χ4n) is 2.43. The summed E-state index contributed by atoms with van der Waals surface area (Å²) in [5, 5.41) is 2.82. The second-order valence-electron chi connectivity index (χ2n) is 5.76. The summed E-state index contributed by atoms with van der Waals surface area (Å²) < 4.78 is 37.8. The van der Waals surface area contributed by atoms with Crippen molar-refractivity contribution in [3.05, 3.63) is 47.8 Å². The summed E-state index contributed by atoms with van der Waals surface area (Å²) in [6, 6.07) is 6.06. The first-order chi connectivity index (χ1) is 12.3. The van der Waals surface area contributed by atoms with Crippen molar-refractivity contribution in [3.63, 3.8) is 0 Å². The largest absolute Gasteiger partial charge is 0.416 e. The zero-order valence-corrected chi connectivity index (χ0v) is 14.7. The Bertz CT molecular complexity index is 726. The van der Waals surface area contributed by atoms with E-state index in [4.69, 9.17) is 0 Å². The molecule has 0 aliphatic heterocycles. The van der Waals surface area contributed by atoms with Gasteiger partial charge in [0.15, 0.2) is 0 Å². The fourth-order valence-corrected chi connectivity index (χ4v) is 2.43. The Hall–Kier alpha value is -2.64. The molecule has 26 heavy (non-hydrogen) atoms. The zero-order valence-electron chi connectivity index (χ0n) is 14.7. The van der Waals surface area contributed by atoms with Crippen LogP contribution in [0.3, 0.4) is 0 Å². The van der Waals surface area contributed by atoms with Gasteiger partial charge in [-0.3, -0.25) is 4.79 Å². The molecule has 0 spiro atoms. The van der Waals surface area contributed by atoms with Crippen LogP contribution in [0.4, 0.5) is 24.8 Å². The number of aromatic nitrogens is 2. The van der Waals surface area contributed by atoms with E-state index < -0.39 is 11.7 Å². The number of nitrogens with one attached hydrogen (secondary N) is 1. The van der Waals surface area contributed by atoms with Crippen LogP contribution in [0.15, 0.2) is 36.5 Å². The number of rotatable bonds is 7. The molecule has 1 aromatic carbocycles. The number of halogens is 3. The second kappa shape index (κ2) is 8.64. The molecular formula is C18H21F3N4O. The van der Waals surface area contributed by atoms with Crippen LogP contribution < -0.4 is 5.32 Å². The van der Waals surface area contributed by atoms with E-state index in [9.17, 15) is 18.0 Å². The predicted octanol–water partition coefficient (Wildman–Crippen LogP) is 4.50. The van der Waals surface area contributed by atoms with Crippen LogP contribution in [0.2, 0.25) is 0 Å². The first-order valence-electron chi connectivity index (χ1n) is 8.41. The van der Waals surface area contributed by atoms with Crippen molar-refractivity contribution in [3.8, 4) is 0 Å². The van der Waals surface area contributed by atoms with Crippen LogP contribution in [0, 0.1) is 0 Å². The number of benzene rings is 1. The average Bonchev–Trinajstić information content (AvgIpc) is 2.61. The summed E-state index contributed by atoms with van der Waals surface area (Å²) in [7, 11) is 0. The van der Waals surface area contributed by atoms with E-state index in [1.165, 1.54) is 24.4 Å². The molecule has 1 aromatic heterocycles. The van der Waals surface area contributed by atoms with Crippen molar-refractivity contribution in [2.75, 3.05) is 18.4 Å². The van der Waals surface area contributed by atoms with Crippen molar-refractivity contribution in [2.45, 2.75) is 32.9 Å². The number of hydrogen-bond acceptors (Lipinski definition) is 4. The lowest BCUT2D eigenvalue weighted by atomic mass is 10.2. The lowest BCUT2D eigenvalue weighted by molar-refractivity contribution is -0.137. The maximum Gasteiger partial charge on any atom is 0.416 e. The summed E-state index contributed by atoms with van der Waals surface area (Å²) in [6.07, 6.45) is -1.26. The lowest BCUT2D eigenvalue weighted by Gasteiger charge is -2.21. The van der Waals surface area contributed by atoms with Crippen LogP contribution in [-0.2, 0) is 6.18 Å². The molecule has 8 heteroatoms. The first-order valence-corrected chi connectivity index (χ1v) is 8.41. The number of amides is 1. The van der Waals surface area contributed by atoms with E-state index >= 15 is 0 Å². The van der Waals surface area contributed by atoms with Crippen LogP contribution in [0.5, 0.6) is 0 Å². The van der Waals surface area contributed by atoms with E-state index in [-0.39, 0.29) is 17.5 Å². The summed E-state index contributed by atoms with van der Waals surface area (Å²) >= 11 is 0. The van der Waals surface area contributed by atoms with E-state index in [1.807, 2.05) is 13.8 Å². The first kappa shape index (κ1) is 19.7. The summed E-state index contributed by atoms with van der Waals surface area (Å²) in [5.74, 6) is -0.0323. The molecule has 0 radical (unpaired) electrons. The molecule has 1 heterocycles. The van der Waals surface area contributed by atoms with Crippen LogP contribution >= 0.6 is 0 Å². The lowest BCUT2D eigenvalue weighted by Crippen LogP contribution is -2.33. The van der Waals surface area contributed by atoms with E-state index in [0.29, 0.717) is 18.8 Å². The Morgan fingerprint density at radius 3 is 2.23 bits per heavy atom. The number of hydrogen-bond donors (Lipinski definition) is 1. The van der Waals surface area contributed by atoms with Gasteiger partial charge in [0.25, 0.3) is 5.91 Å². The molecule has 0 aliphatic rings. The minimum absolute atomic E-state index is 0.156. The van der Waals surface area contributed by atoms with Gasteiger partial charge in [0.1, 0.15) is 5.69 Å². The highest BCUT2D eigenvalue weighted by Crippen LogP contribution is 2.30. The molecule has 0 saturated carbocycles. The van der Waals surface area contributed by atoms with Crippen molar-refractivity contribution in [1.29, 1.82) is 0 Å². The molecule has 1 amide bonds. The highest BCUT2D eigenvalue weighted by molar-refractivity contribution is 5.92. The van der Waals surface area contributed by atoms with Crippen molar-refractivity contribution in [2.24, 2.45) is 0 Å². The van der Waals surface area contributed by atoms with Gasteiger partial charge in [0.05, 0.1) is 5.56 Å².